The molecule has 2 aliphatic heterocycles. The summed E-state index contributed by atoms with van der Waals surface area (Å²) in [5.74, 6) is 1.81. The van der Waals surface area contributed by atoms with Crippen LogP contribution in [0.4, 0.5) is 5.82 Å². The van der Waals surface area contributed by atoms with E-state index in [1.807, 2.05) is 29.2 Å². The zero-order valence-corrected chi connectivity index (χ0v) is 16.0. The van der Waals surface area contributed by atoms with Crippen molar-refractivity contribution in [3.05, 3.63) is 50.2 Å². The van der Waals surface area contributed by atoms with Gasteiger partial charge in [0.15, 0.2) is 17.1 Å². The fourth-order valence-corrected chi connectivity index (χ4v) is 4.02. The van der Waals surface area contributed by atoms with E-state index in [1.54, 1.807) is 7.05 Å². The Kier molecular flexibility index (Phi) is 4.59. The average molecular weight is 382 g/mol. The van der Waals surface area contributed by atoms with Crippen LogP contribution < -0.4 is 25.6 Å². The molecule has 3 heterocycles. The first kappa shape index (κ1) is 18.2. The molecular formula is C20H22N4O4. The molecular weight excluding hydrogens is 360 g/mol. The molecule has 0 N–H and O–H groups in total. The van der Waals surface area contributed by atoms with Crippen molar-refractivity contribution < 1.29 is 9.47 Å². The molecule has 0 bridgehead atoms. The number of nitrogens with zero attached hydrogens (tertiary/aromatic N) is 4. The molecule has 1 aromatic heterocycles. The van der Waals surface area contributed by atoms with Gasteiger partial charge in [0.2, 0.25) is 0 Å². The second-order valence-electron chi connectivity index (χ2n) is 7.12. The Morgan fingerprint density at radius 2 is 1.82 bits per heavy atom. The van der Waals surface area contributed by atoms with Crippen molar-refractivity contribution in [3.63, 3.8) is 0 Å². The maximum Gasteiger partial charge on any atom is 0.332 e. The number of aromatic nitrogens is 2. The number of anilines is 1. The topological polar surface area (TPSA) is 89.5 Å². The van der Waals surface area contributed by atoms with E-state index >= 15 is 0 Å². The molecule has 4 rings (SSSR count). The van der Waals surface area contributed by atoms with Crippen molar-refractivity contribution in [2.75, 3.05) is 24.7 Å². The minimum Gasteiger partial charge on any atom is -0.490 e. The van der Waals surface area contributed by atoms with Gasteiger partial charge in [0.1, 0.15) is 11.9 Å². The van der Waals surface area contributed by atoms with Gasteiger partial charge in [0.25, 0.3) is 5.56 Å². The molecule has 8 heteroatoms. The summed E-state index contributed by atoms with van der Waals surface area (Å²) < 4.78 is 13.9. The number of ether oxygens (including phenoxy) is 2. The van der Waals surface area contributed by atoms with E-state index < -0.39 is 11.2 Å². The van der Waals surface area contributed by atoms with Gasteiger partial charge in [-0.1, -0.05) is 6.07 Å². The number of hydrogen-bond acceptors (Lipinski definition) is 6. The second kappa shape index (κ2) is 7.08. The van der Waals surface area contributed by atoms with Crippen molar-refractivity contribution in [1.82, 2.24) is 9.13 Å². The van der Waals surface area contributed by atoms with Crippen LogP contribution in [-0.4, -0.2) is 28.9 Å². The third-order valence-corrected chi connectivity index (χ3v) is 5.43. The van der Waals surface area contributed by atoms with Gasteiger partial charge in [0, 0.05) is 27.1 Å². The standard InChI is InChI=1S/C20H22N4O4/c1-22-18(14(12-21)19(25)23(2)20(22)26)24-8-3-5-15(24)13-6-7-16-17(11-13)28-10-4-9-27-16/h6-7,11,15H,3-5,8-10H2,1-2H3. The molecule has 1 unspecified atom stereocenters. The van der Waals surface area contributed by atoms with Gasteiger partial charge in [-0.05, 0) is 30.5 Å². The Hall–Kier alpha value is -3.21. The molecule has 1 aromatic carbocycles. The van der Waals surface area contributed by atoms with Gasteiger partial charge in [-0.15, -0.1) is 0 Å². The van der Waals surface area contributed by atoms with E-state index in [9.17, 15) is 14.9 Å². The summed E-state index contributed by atoms with van der Waals surface area (Å²) in [6.07, 6.45) is 2.59. The smallest absolute Gasteiger partial charge is 0.332 e. The molecule has 1 atom stereocenters. The molecule has 28 heavy (non-hydrogen) atoms. The van der Waals surface area contributed by atoms with Gasteiger partial charge in [-0.2, -0.15) is 5.26 Å². The van der Waals surface area contributed by atoms with Crippen LogP contribution in [0, 0.1) is 11.3 Å². The van der Waals surface area contributed by atoms with Gasteiger partial charge >= 0.3 is 5.69 Å². The van der Waals surface area contributed by atoms with Crippen LogP contribution in [0.2, 0.25) is 0 Å². The van der Waals surface area contributed by atoms with E-state index in [0.717, 1.165) is 35.1 Å². The first-order chi connectivity index (χ1) is 13.5. The summed E-state index contributed by atoms with van der Waals surface area (Å²) >= 11 is 0. The quantitative estimate of drug-likeness (QED) is 0.781. The summed E-state index contributed by atoms with van der Waals surface area (Å²) in [7, 11) is 2.99. The fourth-order valence-electron chi connectivity index (χ4n) is 4.02. The van der Waals surface area contributed by atoms with Crippen molar-refractivity contribution >= 4 is 5.82 Å². The molecule has 0 saturated carbocycles. The summed E-state index contributed by atoms with van der Waals surface area (Å²) in [4.78, 5) is 26.9. The summed E-state index contributed by atoms with van der Waals surface area (Å²) in [6, 6.07) is 7.81. The zero-order valence-electron chi connectivity index (χ0n) is 16.0. The lowest BCUT2D eigenvalue weighted by atomic mass is 10.0. The van der Waals surface area contributed by atoms with E-state index in [1.165, 1.54) is 11.6 Å². The number of benzene rings is 1. The Balaban J connectivity index is 1.81. The van der Waals surface area contributed by atoms with Crippen molar-refractivity contribution in [2.45, 2.75) is 25.3 Å². The Bertz CT molecular complexity index is 1080. The highest BCUT2D eigenvalue weighted by molar-refractivity contribution is 5.57. The Labute approximate surface area is 162 Å². The predicted octanol–water partition coefficient (Wildman–Crippen LogP) is 1.46. The lowest BCUT2D eigenvalue weighted by Crippen LogP contribution is -2.42. The third-order valence-electron chi connectivity index (χ3n) is 5.43. The Morgan fingerprint density at radius 3 is 2.57 bits per heavy atom. The van der Waals surface area contributed by atoms with Crippen molar-refractivity contribution in [3.8, 4) is 17.6 Å². The van der Waals surface area contributed by atoms with Crippen LogP contribution in [0.25, 0.3) is 0 Å². The molecule has 2 aliphatic rings. The fraction of sp³-hybridized carbons (Fsp3) is 0.450. The van der Waals surface area contributed by atoms with Crippen LogP contribution in [0.15, 0.2) is 27.8 Å². The molecule has 0 radical (unpaired) electrons. The molecule has 1 fully saturated rings. The van der Waals surface area contributed by atoms with Crippen LogP contribution in [0.5, 0.6) is 11.5 Å². The number of nitriles is 1. The largest absolute Gasteiger partial charge is 0.490 e. The highest BCUT2D eigenvalue weighted by Crippen LogP contribution is 2.40. The first-order valence-electron chi connectivity index (χ1n) is 9.39. The van der Waals surface area contributed by atoms with E-state index in [2.05, 4.69) is 0 Å². The molecule has 0 aliphatic carbocycles. The average Bonchev–Trinajstić information content (AvgIpc) is 3.06. The van der Waals surface area contributed by atoms with Gasteiger partial charge in [-0.25, -0.2) is 4.79 Å². The van der Waals surface area contributed by atoms with Crippen LogP contribution in [0.3, 0.4) is 0 Å². The highest BCUT2D eigenvalue weighted by atomic mass is 16.5. The Morgan fingerprint density at radius 1 is 1.07 bits per heavy atom. The summed E-state index contributed by atoms with van der Waals surface area (Å²) in [6.45, 7) is 1.89. The van der Waals surface area contributed by atoms with Gasteiger partial charge in [-0.3, -0.25) is 13.9 Å². The lowest BCUT2D eigenvalue weighted by Gasteiger charge is -2.29. The van der Waals surface area contributed by atoms with Crippen molar-refractivity contribution in [2.24, 2.45) is 14.1 Å². The summed E-state index contributed by atoms with van der Waals surface area (Å²) in [5, 5.41) is 9.60. The SMILES string of the molecule is Cn1c(N2CCCC2c2ccc3c(c2)OCCCO3)c(C#N)c(=O)n(C)c1=O. The van der Waals surface area contributed by atoms with E-state index in [-0.39, 0.29) is 11.6 Å². The minimum absolute atomic E-state index is 0.00848. The molecule has 8 nitrogen and oxygen atoms in total. The number of rotatable bonds is 2. The van der Waals surface area contributed by atoms with Crippen LogP contribution in [-0.2, 0) is 14.1 Å². The number of fused-ring (bicyclic) bond motifs is 1. The highest BCUT2D eigenvalue weighted by Gasteiger charge is 2.32. The third kappa shape index (κ3) is 2.83. The van der Waals surface area contributed by atoms with Gasteiger partial charge in [0.05, 0.1) is 19.3 Å². The molecule has 1 saturated heterocycles. The lowest BCUT2D eigenvalue weighted by molar-refractivity contribution is 0.297. The maximum absolute atomic E-state index is 12.5. The van der Waals surface area contributed by atoms with E-state index in [0.29, 0.717) is 31.3 Å². The van der Waals surface area contributed by atoms with Crippen LogP contribution >= 0.6 is 0 Å². The zero-order chi connectivity index (χ0) is 19.8. The normalized spacial score (nSPS) is 18.6. The predicted molar refractivity (Wildman–Crippen MR) is 103 cm³/mol. The molecule has 146 valence electrons. The molecule has 0 amide bonds. The van der Waals surface area contributed by atoms with Crippen LogP contribution in [0.1, 0.15) is 36.4 Å². The van der Waals surface area contributed by atoms with E-state index in [4.69, 9.17) is 9.47 Å². The second-order valence-corrected chi connectivity index (χ2v) is 7.12. The van der Waals surface area contributed by atoms with Gasteiger partial charge < -0.3 is 14.4 Å². The molecule has 2 aromatic rings. The minimum atomic E-state index is -0.565. The van der Waals surface area contributed by atoms with Crippen molar-refractivity contribution in [1.29, 1.82) is 5.26 Å². The monoisotopic (exact) mass is 382 g/mol. The number of hydrogen-bond donors (Lipinski definition) is 0. The summed E-state index contributed by atoms with van der Waals surface area (Å²) in [5.41, 5.74) is -0.00201. The molecule has 0 spiro atoms. The first-order valence-corrected chi connectivity index (χ1v) is 9.39. The maximum atomic E-state index is 12.5.